The van der Waals surface area contributed by atoms with Gasteiger partial charge in [-0.25, -0.2) is 0 Å². The Balaban J connectivity index is 1.34. The number of halogens is 2. The molecule has 1 aromatic heterocycles. The molecule has 0 radical (unpaired) electrons. The SMILES string of the molecule is COCCNCc1ccc(C(=O)Nc2cnn3c2C(=O)N(c2ccc(C(F)(F)c4ccccc4)cc2)[C@@H](C)C3)cc1C#N. The van der Waals surface area contributed by atoms with E-state index in [9.17, 15) is 14.9 Å². The Bertz CT molecular complexity index is 1660. The molecule has 3 aromatic carbocycles. The fourth-order valence-electron chi connectivity index (χ4n) is 5.07. The third-order valence-electron chi connectivity index (χ3n) is 7.32. The summed E-state index contributed by atoms with van der Waals surface area (Å²) < 4.78 is 36.7. The number of benzene rings is 3. The first kappa shape index (κ1) is 29.6. The standard InChI is InChI=1S/C32H30F2N6O3/c1-21-20-39-29(31(42)40(21)27-12-10-26(11-13-27)32(33,34)25-6-4-3-5-7-25)28(19-37-39)38-30(41)22-8-9-23(24(16-22)17-35)18-36-14-15-43-2/h3-13,16,19,21,36H,14-15,18,20H2,1-2H3,(H,38,41)/t21-/m0/s1. The maximum Gasteiger partial charge on any atom is 0.298 e. The quantitative estimate of drug-likeness (QED) is 0.256. The van der Waals surface area contributed by atoms with Crippen LogP contribution in [0.25, 0.3) is 0 Å². The molecule has 2 heterocycles. The third-order valence-corrected chi connectivity index (χ3v) is 7.32. The van der Waals surface area contributed by atoms with Gasteiger partial charge in [0.15, 0.2) is 0 Å². The maximum atomic E-state index is 15.1. The number of hydrogen-bond acceptors (Lipinski definition) is 6. The van der Waals surface area contributed by atoms with Gasteiger partial charge in [-0.1, -0.05) is 48.5 Å². The van der Waals surface area contributed by atoms with Crippen molar-refractivity contribution in [3.63, 3.8) is 0 Å². The largest absolute Gasteiger partial charge is 0.383 e. The van der Waals surface area contributed by atoms with Crippen LogP contribution in [0.4, 0.5) is 20.2 Å². The van der Waals surface area contributed by atoms with Gasteiger partial charge in [-0.05, 0) is 36.8 Å². The molecule has 0 bridgehead atoms. The molecular formula is C32H30F2N6O3. The zero-order valence-electron chi connectivity index (χ0n) is 23.7. The molecule has 220 valence electrons. The van der Waals surface area contributed by atoms with Crippen LogP contribution in [0, 0.1) is 11.3 Å². The van der Waals surface area contributed by atoms with Crippen molar-refractivity contribution in [1.29, 1.82) is 5.26 Å². The Morgan fingerprint density at radius 3 is 2.53 bits per heavy atom. The molecular weight excluding hydrogens is 554 g/mol. The second kappa shape index (κ2) is 12.5. The number of alkyl halides is 2. The van der Waals surface area contributed by atoms with E-state index in [1.165, 1.54) is 58.2 Å². The van der Waals surface area contributed by atoms with Gasteiger partial charge in [0.1, 0.15) is 5.69 Å². The molecule has 0 spiro atoms. The molecule has 1 aliphatic heterocycles. The van der Waals surface area contributed by atoms with Crippen LogP contribution in [-0.4, -0.2) is 47.9 Å². The molecule has 0 saturated carbocycles. The first-order chi connectivity index (χ1) is 20.7. The van der Waals surface area contributed by atoms with Crippen LogP contribution in [0.1, 0.15) is 50.0 Å². The summed E-state index contributed by atoms with van der Waals surface area (Å²) in [5, 5.41) is 19.8. The number of nitrogens with one attached hydrogen (secondary N) is 2. The first-order valence-corrected chi connectivity index (χ1v) is 13.7. The van der Waals surface area contributed by atoms with Gasteiger partial charge in [0, 0.05) is 42.6 Å². The second-order valence-electron chi connectivity index (χ2n) is 10.2. The van der Waals surface area contributed by atoms with E-state index >= 15 is 8.78 Å². The maximum absolute atomic E-state index is 15.1. The van der Waals surface area contributed by atoms with Gasteiger partial charge in [0.25, 0.3) is 17.7 Å². The normalized spacial score (nSPS) is 14.7. The number of ether oxygens (including phenoxy) is 1. The van der Waals surface area contributed by atoms with Crippen LogP contribution in [0.2, 0.25) is 0 Å². The molecule has 1 aliphatic rings. The van der Waals surface area contributed by atoms with E-state index < -0.39 is 17.7 Å². The number of carbonyl (C=O) groups excluding carboxylic acids is 2. The van der Waals surface area contributed by atoms with Gasteiger partial charge < -0.3 is 20.3 Å². The number of rotatable bonds is 10. The molecule has 1 atom stereocenters. The van der Waals surface area contributed by atoms with E-state index in [1.54, 1.807) is 37.4 Å². The zero-order valence-corrected chi connectivity index (χ0v) is 23.7. The summed E-state index contributed by atoms with van der Waals surface area (Å²) in [5.41, 5.74) is 1.87. The van der Waals surface area contributed by atoms with E-state index in [0.717, 1.165) is 5.56 Å². The molecule has 5 rings (SSSR count). The minimum atomic E-state index is -3.20. The highest BCUT2D eigenvalue weighted by Gasteiger charge is 2.37. The third kappa shape index (κ3) is 6.02. The number of anilines is 2. The lowest BCUT2D eigenvalue weighted by molar-refractivity contribution is 0.0428. The molecule has 2 amide bonds. The monoisotopic (exact) mass is 584 g/mol. The summed E-state index contributed by atoms with van der Waals surface area (Å²) in [7, 11) is 1.60. The molecule has 11 heteroatoms. The van der Waals surface area contributed by atoms with Crippen molar-refractivity contribution in [2.75, 3.05) is 30.5 Å². The number of methoxy groups -OCH3 is 1. The van der Waals surface area contributed by atoms with E-state index in [2.05, 4.69) is 21.8 Å². The van der Waals surface area contributed by atoms with E-state index in [0.29, 0.717) is 37.5 Å². The Kier molecular flexibility index (Phi) is 8.61. The van der Waals surface area contributed by atoms with Gasteiger partial charge >= 0.3 is 0 Å². The summed E-state index contributed by atoms with van der Waals surface area (Å²) in [4.78, 5) is 28.4. The fraction of sp³-hybridized carbons (Fsp3) is 0.250. The van der Waals surface area contributed by atoms with Crippen molar-refractivity contribution >= 4 is 23.2 Å². The molecule has 2 N–H and O–H groups in total. The van der Waals surface area contributed by atoms with Crippen LogP contribution in [0.3, 0.4) is 0 Å². The number of amides is 2. The number of nitriles is 1. The highest BCUT2D eigenvalue weighted by atomic mass is 19.3. The zero-order chi connectivity index (χ0) is 30.6. The van der Waals surface area contributed by atoms with E-state index in [-0.39, 0.29) is 34.1 Å². The van der Waals surface area contributed by atoms with E-state index in [4.69, 9.17) is 4.74 Å². The second-order valence-corrected chi connectivity index (χ2v) is 10.2. The van der Waals surface area contributed by atoms with Crippen molar-refractivity contribution in [3.05, 3.63) is 113 Å². The summed E-state index contributed by atoms with van der Waals surface area (Å²) >= 11 is 0. The lowest BCUT2D eigenvalue weighted by Crippen LogP contribution is -2.47. The van der Waals surface area contributed by atoms with Gasteiger partial charge in [-0.3, -0.25) is 14.3 Å². The van der Waals surface area contributed by atoms with Crippen LogP contribution >= 0.6 is 0 Å². The van der Waals surface area contributed by atoms with E-state index in [1.807, 2.05) is 6.92 Å². The Morgan fingerprint density at radius 1 is 1.12 bits per heavy atom. The highest BCUT2D eigenvalue weighted by molar-refractivity contribution is 6.13. The smallest absolute Gasteiger partial charge is 0.298 e. The predicted octanol–water partition coefficient (Wildman–Crippen LogP) is 4.93. The lowest BCUT2D eigenvalue weighted by Gasteiger charge is -2.34. The summed E-state index contributed by atoms with van der Waals surface area (Å²) in [6.07, 6.45) is 1.41. The van der Waals surface area contributed by atoms with Crippen molar-refractivity contribution in [2.45, 2.75) is 32.0 Å². The minimum Gasteiger partial charge on any atom is -0.383 e. The summed E-state index contributed by atoms with van der Waals surface area (Å²) in [6, 6.07) is 19.8. The molecule has 43 heavy (non-hydrogen) atoms. The lowest BCUT2D eigenvalue weighted by atomic mass is 9.99. The number of carbonyl (C=O) groups is 2. The number of hydrogen-bond donors (Lipinski definition) is 2. The highest BCUT2D eigenvalue weighted by Crippen LogP contribution is 2.37. The van der Waals surface area contributed by atoms with Crippen molar-refractivity contribution in [2.24, 2.45) is 0 Å². The van der Waals surface area contributed by atoms with Crippen LogP contribution in [0.5, 0.6) is 0 Å². The van der Waals surface area contributed by atoms with Crippen molar-refractivity contribution in [1.82, 2.24) is 15.1 Å². The topological polar surface area (TPSA) is 112 Å². The minimum absolute atomic E-state index is 0.121. The summed E-state index contributed by atoms with van der Waals surface area (Å²) in [5.74, 6) is -4.13. The number of aromatic nitrogens is 2. The van der Waals surface area contributed by atoms with Gasteiger partial charge in [-0.15, -0.1) is 0 Å². The number of fused-ring (bicyclic) bond motifs is 1. The fourth-order valence-corrected chi connectivity index (χ4v) is 5.07. The van der Waals surface area contributed by atoms with Crippen LogP contribution in [-0.2, 0) is 23.7 Å². The Labute approximate surface area is 247 Å². The van der Waals surface area contributed by atoms with Crippen molar-refractivity contribution in [3.8, 4) is 6.07 Å². The Morgan fingerprint density at radius 2 is 1.84 bits per heavy atom. The Hall–Kier alpha value is -4.92. The number of nitrogens with zero attached hydrogens (tertiary/aromatic N) is 4. The van der Waals surface area contributed by atoms with Gasteiger partial charge in [-0.2, -0.15) is 19.1 Å². The average molecular weight is 585 g/mol. The molecule has 0 unspecified atom stereocenters. The summed E-state index contributed by atoms with van der Waals surface area (Å²) in [6.45, 7) is 3.76. The molecule has 9 nitrogen and oxygen atoms in total. The molecule has 0 fully saturated rings. The van der Waals surface area contributed by atoms with Crippen molar-refractivity contribution < 1.29 is 23.1 Å². The van der Waals surface area contributed by atoms with Crippen LogP contribution in [0.15, 0.2) is 79.0 Å². The first-order valence-electron chi connectivity index (χ1n) is 13.7. The predicted molar refractivity (Wildman–Crippen MR) is 157 cm³/mol. The average Bonchev–Trinajstić information content (AvgIpc) is 3.42. The molecule has 0 saturated heterocycles. The van der Waals surface area contributed by atoms with Crippen LogP contribution < -0.4 is 15.5 Å². The molecule has 4 aromatic rings. The van der Waals surface area contributed by atoms with Gasteiger partial charge in [0.2, 0.25) is 0 Å². The molecule has 0 aliphatic carbocycles. The van der Waals surface area contributed by atoms with Gasteiger partial charge in [0.05, 0.1) is 42.7 Å².